The molecule has 0 saturated heterocycles. The number of nitrogens with two attached hydrogens (primary N) is 1. The van der Waals surface area contributed by atoms with Crippen LogP contribution in [0, 0.1) is 0 Å². The fourth-order valence-electron chi connectivity index (χ4n) is 2.06. The molecule has 0 heterocycles. The first-order chi connectivity index (χ1) is 10.1. The first-order valence-corrected chi connectivity index (χ1v) is 7.29. The van der Waals surface area contributed by atoms with Crippen LogP contribution in [0.2, 0.25) is 0 Å². The molecule has 110 valence electrons. The Hall–Kier alpha value is -2.07. The van der Waals surface area contributed by atoms with Crippen LogP contribution < -0.4 is 15.2 Å². The van der Waals surface area contributed by atoms with Gasteiger partial charge in [0.15, 0.2) is 0 Å². The summed E-state index contributed by atoms with van der Waals surface area (Å²) in [4.78, 5) is 0.301. The predicted octanol–water partition coefficient (Wildman–Crippen LogP) is 4.07. The molecule has 0 spiro atoms. The largest absolute Gasteiger partial charge is 0.497 e. The van der Waals surface area contributed by atoms with Crippen LogP contribution in [-0.2, 0) is 6.42 Å². The molecule has 0 bridgehead atoms. The third-order valence-corrected chi connectivity index (χ3v) is 3.36. The first-order valence-electron chi connectivity index (χ1n) is 6.88. The Bertz CT molecular complexity index is 623. The fourth-order valence-corrected chi connectivity index (χ4v) is 2.23. The lowest BCUT2D eigenvalue weighted by molar-refractivity contribution is 0.409. The van der Waals surface area contributed by atoms with Crippen molar-refractivity contribution in [3.05, 3.63) is 53.6 Å². The van der Waals surface area contributed by atoms with Crippen LogP contribution >= 0.6 is 12.2 Å². The number of aryl methyl sites for hydroxylation is 1. The first kappa shape index (κ1) is 15.3. The van der Waals surface area contributed by atoms with Crippen LogP contribution in [0.5, 0.6) is 17.2 Å². The molecule has 2 aromatic carbocycles. The van der Waals surface area contributed by atoms with Crippen molar-refractivity contribution in [1.82, 2.24) is 0 Å². The predicted molar refractivity (Wildman–Crippen MR) is 89.4 cm³/mol. The third-order valence-electron chi connectivity index (χ3n) is 3.14. The topological polar surface area (TPSA) is 44.5 Å². The number of hydrogen-bond acceptors (Lipinski definition) is 3. The van der Waals surface area contributed by atoms with E-state index in [4.69, 9.17) is 27.4 Å². The van der Waals surface area contributed by atoms with Gasteiger partial charge in [0.2, 0.25) is 0 Å². The summed E-state index contributed by atoms with van der Waals surface area (Å²) in [5.41, 5.74) is 7.73. The highest BCUT2D eigenvalue weighted by Gasteiger charge is 2.09. The van der Waals surface area contributed by atoms with Gasteiger partial charge in [-0.15, -0.1) is 0 Å². The van der Waals surface area contributed by atoms with E-state index < -0.39 is 0 Å². The zero-order valence-electron chi connectivity index (χ0n) is 12.3. The normalized spacial score (nSPS) is 10.2. The number of rotatable bonds is 6. The van der Waals surface area contributed by atoms with Gasteiger partial charge in [-0.25, -0.2) is 0 Å². The van der Waals surface area contributed by atoms with E-state index in [2.05, 4.69) is 19.1 Å². The van der Waals surface area contributed by atoms with Gasteiger partial charge in [-0.3, -0.25) is 0 Å². The number of hydrogen-bond donors (Lipinski definition) is 1. The second kappa shape index (κ2) is 7.09. The summed E-state index contributed by atoms with van der Waals surface area (Å²) in [5, 5.41) is 0. The lowest BCUT2D eigenvalue weighted by Crippen LogP contribution is -2.10. The van der Waals surface area contributed by atoms with E-state index in [0.29, 0.717) is 22.1 Å². The Labute approximate surface area is 130 Å². The minimum Gasteiger partial charge on any atom is -0.497 e. The van der Waals surface area contributed by atoms with Gasteiger partial charge in [-0.1, -0.05) is 37.7 Å². The van der Waals surface area contributed by atoms with E-state index in [1.54, 1.807) is 13.2 Å². The summed E-state index contributed by atoms with van der Waals surface area (Å²) in [6, 6.07) is 13.4. The monoisotopic (exact) mass is 301 g/mol. The van der Waals surface area contributed by atoms with Crippen LogP contribution in [0.15, 0.2) is 42.5 Å². The fraction of sp³-hybridized carbons (Fsp3) is 0.235. The van der Waals surface area contributed by atoms with Gasteiger partial charge < -0.3 is 15.2 Å². The van der Waals surface area contributed by atoms with Crippen molar-refractivity contribution in [1.29, 1.82) is 0 Å². The third kappa shape index (κ3) is 3.95. The van der Waals surface area contributed by atoms with Crippen LogP contribution in [-0.4, -0.2) is 12.1 Å². The average molecular weight is 301 g/mol. The Morgan fingerprint density at radius 1 is 1.10 bits per heavy atom. The summed E-state index contributed by atoms with van der Waals surface area (Å²) in [6.07, 6.45) is 2.19. The van der Waals surface area contributed by atoms with Crippen molar-refractivity contribution in [3.63, 3.8) is 0 Å². The number of methoxy groups -OCH3 is 1. The quantitative estimate of drug-likeness (QED) is 0.817. The summed E-state index contributed by atoms with van der Waals surface area (Å²) in [5.74, 6) is 2.05. The zero-order valence-corrected chi connectivity index (χ0v) is 13.1. The van der Waals surface area contributed by atoms with E-state index in [-0.39, 0.29) is 0 Å². The van der Waals surface area contributed by atoms with E-state index in [1.807, 2.05) is 24.3 Å². The van der Waals surface area contributed by atoms with Crippen LogP contribution in [0.1, 0.15) is 24.5 Å². The molecular weight excluding hydrogens is 282 g/mol. The van der Waals surface area contributed by atoms with Gasteiger partial charge in [0, 0.05) is 6.07 Å². The second-order valence-electron chi connectivity index (χ2n) is 4.72. The van der Waals surface area contributed by atoms with E-state index in [9.17, 15) is 0 Å². The Balaban J connectivity index is 2.26. The molecule has 2 N–H and O–H groups in total. The second-order valence-corrected chi connectivity index (χ2v) is 5.16. The maximum absolute atomic E-state index is 5.90. The summed E-state index contributed by atoms with van der Waals surface area (Å²) < 4.78 is 11.1. The van der Waals surface area contributed by atoms with Crippen molar-refractivity contribution in [2.75, 3.05) is 7.11 Å². The minimum atomic E-state index is 0.301. The molecule has 21 heavy (non-hydrogen) atoms. The average Bonchev–Trinajstić information content (AvgIpc) is 2.49. The summed E-state index contributed by atoms with van der Waals surface area (Å²) in [7, 11) is 1.61. The van der Waals surface area contributed by atoms with E-state index in [0.717, 1.165) is 18.6 Å². The Morgan fingerprint density at radius 2 is 1.76 bits per heavy atom. The Kier molecular flexibility index (Phi) is 5.17. The lowest BCUT2D eigenvalue weighted by atomic mass is 10.1. The Morgan fingerprint density at radius 3 is 2.33 bits per heavy atom. The molecule has 0 saturated carbocycles. The molecule has 3 nitrogen and oxygen atoms in total. The molecule has 2 rings (SSSR count). The highest BCUT2D eigenvalue weighted by molar-refractivity contribution is 7.80. The molecule has 0 atom stereocenters. The molecule has 4 heteroatoms. The summed E-state index contributed by atoms with van der Waals surface area (Å²) >= 11 is 5.06. The maximum Gasteiger partial charge on any atom is 0.141 e. The molecule has 2 aromatic rings. The van der Waals surface area contributed by atoms with E-state index in [1.165, 1.54) is 5.56 Å². The molecule has 0 aliphatic heterocycles. The van der Waals surface area contributed by atoms with E-state index >= 15 is 0 Å². The molecule has 0 aliphatic carbocycles. The van der Waals surface area contributed by atoms with Crippen molar-refractivity contribution in [2.45, 2.75) is 19.8 Å². The smallest absolute Gasteiger partial charge is 0.141 e. The molecule has 0 fully saturated rings. The van der Waals surface area contributed by atoms with Gasteiger partial charge in [0.05, 0.1) is 12.7 Å². The highest BCUT2D eigenvalue weighted by atomic mass is 32.1. The van der Waals surface area contributed by atoms with Crippen molar-refractivity contribution < 1.29 is 9.47 Å². The van der Waals surface area contributed by atoms with Gasteiger partial charge in [0.1, 0.15) is 22.2 Å². The molecule has 0 aliphatic rings. The van der Waals surface area contributed by atoms with Crippen molar-refractivity contribution >= 4 is 17.2 Å². The number of thiocarbonyl (C=S) groups is 1. The summed E-state index contributed by atoms with van der Waals surface area (Å²) in [6.45, 7) is 2.16. The van der Waals surface area contributed by atoms with Crippen LogP contribution in [0.3, 0.4) is 0 Å². The van der Waals surface area contributed by atoms with Crippen molar-refractivity contribution in [3.8, 4) is 17.2 Å². The standard InChI is InChI=1S/C17H19NO2S/c1-3-4-12-5-7-13(8-6-12)20-16-11-14(19-2)9-10-15(16)17(18)21/h5-11H,3-4H2,1-2H3,(H2,18,21). The van der Waals surface area contributed by atoms with Crippen molar-refractivity contribution in [2.24, 2.45) is 5.73 Å². The number of benzene rings is 2. The van der Waals surface area contributed by atoms with Crippen LogP contribution in [0.25, 0.3) is 0 Å². The van der Waals surface area contributed by atoms with Gasteiger partial charge in [-0.05, 0) is 36.2 Å². The lowest BCUT2D eigenvalue weighted by Gasteiger charge is -2.12. The molecule has 0 aromatic heterocycles. The maximum atomic E-state index is 5.90. The molecule has 0 radical (unpaired) electrons. The minimum absolute atomic E-state index is 0.301. The molecule has 0 amide bonds. The van der Waals surface area contributed by atoms with Gasteiger partial charge in [0.25, 0.3) is 0 Å². The van der Waals surface area contributed by atoms with Crippen LogP contribution in [0.4, 0.5) is 0 Å². The highest BCUT2D eigenvalue weighted by Crippen LogP contribution is 2.29. The molecular formula is C17H19NO2S. The zero-order chi connectivity index (χ0) is 15.2. The SMILES string of the molecule is CCCc1ccc(Oc2cc(OC)ccc2C(N)=S)cc1. The van der Waals surface area contributed by atoms with Gasteiger partial charge in [-0.2, -0.15) is 0 Å². The van der Waals surface area contributed by atoms with Gasteiger partial charge >= 0.3 is 0 Å². The molecule has 0 unspecified atom stereocenters. The number of ether oxygens (including phenoxy) is 2.